The molecular formula is C11H11ClFNO. The minimum atomic E-state index is -1.15. The van der Waals surface area contributed by atoms with E-state index in [9.17, 15) is 4.39 Å². The Balaban J connectivity index is 2.43. The SMILES string of the molecule is NCCC(F)c1cc2cccc(Cl)c2o1. The second kappa shape index (κ2) is 4.21. The van der Waals surface area contributed by atoms with E-state index in [0.29, 0.717) is 22.9 Å². The summed E-state index contributed by atoms with van der Waals surface area (Å²) >= 11 is 5.91. The second-order valence-corrected chi connectivity index (χ2v) is 3.76. The molecule has 15 heavy (non-hydrogen) atoms. The molecule has 2 N–H and O–H groups in total. The van der Waals surface area contributed by atoms with Gasteiger partial charge in [0.2, 0.25) is 0 Å². The summed E-state index contributed by atoms with van der Waals surface area (Å²) in [6, 6.07) is 7.03. The number of benzene rings is 1. The molecular weight excluding hydrogens is 217 g/mol. The Morgan fingerprint density at radius 3 is 2.93 bits per heavy atom. The summed E-state index contributed by atoms with van der Waals surface area (Å²) in [7, 11) is 0. The van der Waals surface area contributed by atoms with Gasteiger partial charge in [0.05, 0.1) is 5.02 Å². The zero-order valence-electron chi connectivity index (χ0n) is 8.04. The first kappa shape index (κ1) is 10.5. The first-order valence-corrected chi connectivity index (χ1v) is 5.12. The Bertz CT molecular complexity index is 469. The van der Waals surface area contributed by atoms with Crippen LogP contribution < -0.4 is 5.73 Å². The Morgan fingerprint density at radius 2 is 2.27 bits per heavy atom. The van der Waals surface area contributed by atoms with Crippen molar-refractivity contribution in [2.45, 2.75) is 12.6 Å². The highest BCUT2D eigenvalue weighted by atomic mass is 35.5. The summed E-state index contributed by atoms with van der Waals surface area (Å²) in [6.07, 6.45) is -0.893. The third kappa shape index (κ3) is 1.98. The average Bonchev–Trinajstić information content (AvgIpc) is 2.63. The molecule has 2 rings (SSSR count). The van der Waals surface area contributed by atoms with Gasteiger partial charge in [-0.2, -0.15) is 0 Å². The number of para-hydroxylation sites is 1. The van der Waals surface area contributed by atoms with Gasteiger partial charge in [-0.3, -0.25) is 0 Å². The number of fused-ring (bicyclic) bond motifs is 1. The van der Waals surface area contributed by atoms with Crippen LogP contribution in [0.3, 0.4) is 0 Å². The molecule has 0 radical (unpaired) electrons. The number of alkyl halides is 1. The van der Waals surface area contributed by atoms with Crippen molar-refractivity contribution in [2.24, 2.45) is 5.73 Å². The number of nitrogens with two attached hydrogens (primary N) is 1. The number of furan rings is 1. The molecule has 0 aliphatic carbocycles. The molecule has 2 aromatic rings. The van der Waals surface area contributed by atoms with Crippen LogP contribution in [0.5, 0.6) is 0 Å². The predicted molar refractivity (Wildman–Crippen MR) is 58.7 cm³/mol. The Hall–Kier alpha value is -1.06. The number of hydrogen-bond donors (Lipinski definition) is 1. The minimum absolute atomic E-state index is 0.261. The fourth-order valence-corrected chi connectivity index (χ4v) is 1.71. The van der Waals surface area contributed by atoms with Crippen molar-refractivity contribution in [1.29, 1.82) is 0 Å². The van der Waals surface area contributed by atoms with Gasteiger partial charge in [-0.15, -0.1) is 0 Å². The molecule has 1 unspecified atom stereocenters. The lowest BCUT2D eigenvalue weighted by Gasteiger charge is -2.00. The van der Waals surface area contributed by atoms with Crippen LogP contribution in [0.25, 0.3) is 11.0 Å². The van der Waals surface area contributed by atoms with Crippen LogP contribution in [0, 0.1) is 0 Å². The summed E-state index contributed by atoms with van der Waals surface area (Å²) in [5, 5.41) is 1.32. The zero-order valence-corrected chi connectivity index (χ0v) is 8.80. The Labute approximate surface area is 91.8 Å². The van der Waals surface area contributed by atoms with Crippen molar-refractivity contribution in [3.8, 4) is 0 Å². The first-order valence-electron chi connectivity index (χ1n) is 4.74. The summed E-state index contributed by atoms with van der Waals surface area (Å²) in [5.41, 5.74) is 5.82. The van der Waals surface area contributed by atoms with Crippen LogP contribution in [0.2, 0.25) is 5.02 Å². The van der Waals surface area contributed by atoms with Crippen LogP contribution in [0.1, 0.15) is 18.4 Å². The van der Waals surface area contributed by atoms with Gasteiger partial charge in [-0.1, -0.05) is 23.7 Å². The molecule has 1 aromatic carbocycles. The van der Waals surface area contributed by atoms with Gasteiger partial charge in [0.1, 0.15) is 5.76 Å². The van der Waals surface area contributed by atoms with Gasteiger partial charge >= 0.3 is 0 Å². The van der Waals surface area contributed by atoms with Crippen LogP contribution in [-0.4, -0.2) is 6.54 Å². The highest BCUT2D eigenvalue weighted by Crippen LogP contribution is 2.31. The topological polar surface area (TPSA) is 39.2 Å². The van der Waals surface area contributed by atoms with E-state index in [2.05, 4.69) is 0 Å². The van der Waals surface area contributed by atoms with Crippen molar-refractivity contribution in [3.63, 3.8) is 0 Å². The highest BCUT2D eigenvalue weighted by Gasteiger charge is 2.15. The molecule has 1 atom stereocenters. The zero-order chi connectivity index (χ0) is 10.8. The van der Waals surface area contributed by atoms with Crippen molar-refractivity contribution in [2.75, 3.05) is 6.54 Å². The standard InChI is InChI=1S/C11H11ClFNO/c12-8-3-1-2-7-6-10(15-11(7)8)9(13)4-5-14/h1-3,6,9H,4-5,14H2. The summed E-state index contributed by atoms with van der Waals surface area (Å²) in [5.74, 6) is 0.295. The predicted octanol–water partition coefficient (Wildman–Crippen LogP) is 3.45. The quantitative estimate of drug-likeness (QED) is 0.872. The lowest BCUT2D eigenvalue weighted by Crippen LogP contribution is -2.02. The molecule has 0 bridgehead atoms. The van der Waals surface area contributed by atoms with Gasteiger partial charge in [0.25, 0.3) is 0 Å². The lowest BCUT2D eigenvalue weighted by molar-refractivity contribution is 0.280. The number of hydrogen-bond acceptors (Lipinski definition) is 2. The molecule has 0 saturated carbocycles. The van der Waals surface area contributed by atoms with Crippen LogP contribution in [0.15, 0.2) is 28.7 Å². The van der Waals surface area contributed by atoms with Crippen LogP contribution in [0.4, 0.5) is 4.39 Å². The van der Waals surface area contributed by atoms with E-state index in [4.69, 9.17) is 21.8 Å². The van der Waals surface area contributed by atoms with E-state index in [0.717, 1.165) is 5.39 Å². The minimum Gasteiger partial charge on any atom is -0.456 e. The van der Waals surface area contributed by atoms with E-state index in [1.807, 2.05) is 6.07 Å². The molecule has 0 saturated heterocycles. The van der Waals surface area contributed by atoms with Crippen molar-refractivity contribution in [3.05, 3.63) is 35.0 Å². The molecule has 1 aromatic heterocycles. The molecule has 0 aliphatic heterocycles. The maximum Gasteiger partial charge on any atom is 0.159 e. The van der Waals surface area contributed by atoms with Crippen molar-refractivity contribution < 1.29 is 8.81 Å². The van der Waals surface area contributed by atoms with Gasteiger partial charge in [0.15, 0.2) is 11.8 Å². The molecule has 80 valence electrons. The molecule has 1 heterocycles. The summed E-state index contributed by atoms with van der Waals surface area (Å²) in [6.45, 7) is 0.298. The average molecular weight is 228 g/mol. The van der Waals surface area contributed by atoms with E-state index in [1.165, 1.54) is 0 Å². The molecule has 0 spiro atoms. The molecule has 0 aliphatic rings. The van der Waals surface area contributed by atoms with E-state index in [-0.39, 0.29) is 6.42 Å². The summed E-state index contributed by atoms with van der Waals surface area (Å²) in [4.78, 5) is 0. The first-order chi connectivity index (χ1) is 7.22. The smallest absolute Gasteiger partial charge is 0.159 e. The number of rotatable bonds is 3. The monoisotopic (exact) mass is 227 g/mol. The molecule has 4 heteroatoms. The van der Waals surface area contributed by atoms with Gasteiger partial charge in [-0.25, -0.2) is 4.39 Å². The third-order valence-corrected chi connectivity index (χ3v) is 2.54. The van der Waals surface area contributed by atoms with Gasteiger partial charge in [-0.05, 0) is 25.1 Å². The van der Waals surface area contributed by atoms with E-state index in [1.54, 1.807) is 18.2 Å². The van der Waals surface area contributed by atoms with Gasteiger partial charge in [0, 0.05) is 5.39 Å². The van der Waals surface area contributed by atoms with Crippen LogP contribution in [-0.2, 0) is 0 Å². The second-order valence-electron chi connectivity index (χ2n) is 3.35. The Morgan fingerprint density at radius 1 is 1.47 bits per heavy atom. The van der Waals surface area contributed by atoms with Crippen molar-refractivity contribution in [1.82, 2.24) is 0 Å². The molecule has 0 amide bonds. The highest BCUT2D eigenvalue weighted by molar-refractivity contribution is 6.34. The third-order valence-electron chi connectivity index (χ3n) is 2.24. The maximum atomic E-state index is 13.5. The van der Waals surface area contributed by atoms with Gasteiger partial charge < -0.3 is 10.2 Å². The number of halogens is 2. The van der Waals surface area contributed by atoms with E-state index < -0.39 is 6.17 Å². The van der Waals surface area contributed by atoms with E-state index >= 15 is 0 Å². The summed E-state index contributed by atoms with van der Waals surface area (Å²) < 4.78 is 18.8. The normalized spacial score (nSPS) is 13.3. The fourth-order valence-electron chi connectivity index (χ4n) is 1.49. The van der Waals surface area contributed by atoms with Crippen LogP contribution >= 0.6 is 11.6 Å². The fraction of sp³-hybridized carbons (Fsp3) is 0.273. The lowest BCUT2D eigenvalue weighted by atomic mass is 10.2. The largest absolute Gasteiger partial charge is 0.456 e. The van der Waals surface area contributed by atoms with Crippen molar-refractivity contribution >= 4 is 22.6 Å². The Kier molecular flexibility index (Phi) is 2.93. The maximum absolute atomic E-state index is 13.5. The molecule has 2 nitrogen and oxygen atoms in total. The molecule has 0 fully saturated rings.